The summed E-state index contributed by atoms with van der Waals surface area (Å²) in [4.78, 5) is 28.2. The van der Waals surface area contributed by atoms with Crippen molar-refractivity contribution in [1.29, 1.82) is 0 Å². The normalized spacial score (nSPS) is 16.3. The van der Waals surface area contributed by atoms with Crippen LogP contribution >= 0.6 is 12.4 Å². The number of ether oxygens (including phenoxy) is 2. The monoisotopic (exact) mass is 351 g/mol. The van der Waals surface area contributed by atoms with Crippen LogP contribution in [0.4, 0.5) is 0 Å². The molecule has 7 nitrogen and oxygen atoms in total. The van der Waals surface area contributed by atoms with E-state index < -0.39 is 5.41 Å². The molecule has 0 aromatic rings. The van der Waals surface area contributed by atoms with Crippen molar-refractivity contribution in [3.63, 3.8) is 0 Å². The summed E-state index contributed by atoms with van der Waals surface area (Å²) in [5.74, 6) is -0.103. The number of likely N-dealkylation sites (N-methyl/N-ethyl adjacent to an activating group) is 1. The van der Waals surface area contributed by atoms with Crippen molar-refractivity contribution in [2.24, 2.45) is 5.41 Å². The zero-order valence-corrected chi connectivity index (χ0v) is 15.4. The van der Waals surface area contributed by atoms with Crippen LogP contribution in [0.1, 0.15) is 12.8 Å². The van der Waals surface area contributed by atoms with Crippen LogP contribution in [0.2, 0.25) is 0 Å². The zero-order chi connectivity index (χ0) is 16.6. The van der Waals surface area contributed by atoms with Crippen molar-refractivity contribution < 1.29 is 19.1 Å². The van der Waals surface area contributed by atoms with Gasteiger partial charge in [-0.05, 0) is 25.9 Å². The Morgan fingerprint density at radius 3 is 2.22 bits per heavy atom. The van der Waals surface area contributed by atoms with Gasteiger partial charge in [0.2, 0.25) is 11.8 Å². The van der Waals surface area contributed by atoms with E-state index in [4.69, 9.17) is 9.47 Å². The SMILES string of the molecule is COCCN(CC(=O)N(C)C)C(=O)C1(COC)CCNCC1.Cl. The number of carbonyl (C=O) groups excluding carboxylic acids is 2. The van der Waals surface area contributed by atoms with Crippen molar-refractivity contribution in [2.45, 2.75) is 12.8 Å². The minimum absolute atomic E-state index is 0. The van der Waals surface area contributed by atoms with Crippen LogP contribution in [0.25, 0.3) is 0 Å². The molecule has 136 valence electrons. The van der Waals surface area contributed by atoms with Gasteiger partial charge in [-0.1, -0.05) is 0 Å². The van der Waals surface area contributed by atoms with Gasteiger partial charge in [0, 0.05) is 34.9 Å². The molecule has 1 N–H and O–H groups in total. The Hall–Kier alpha value is -0.890. The van der Waals surface area contributed by atoms with Crippen LogP contribution in [-0.4, -0.2) is 89.3 Å². The molecule has 0 unspecified atom stereocenters. The summed E-state index contributed by atoms with van der Waals surface area (Å²) in [6.07, 6.45) is 1.44. The van der Waals surface area contributed by atoms with Gasteiger partial charge in [-0.25, -0.2) is 0 Å². The highest BCUT2D eigenvalue weighted by Gasteiger charge is 2.42. The third-order valence-corrected chi connectivity index (χ3v) is 4.11. The Labute approximate surface area is 145 Å². The molecule has 1 heterocycles. The highest BCUT2D eigenvalue weighted by atomic mass is 35.5. The Morgan fingerprint density at radius 1 is 1.13 bits per heavy atom. The number of nitrogens with zero attached hydrogens (tertiary/aromatic N) is 2. The molecule has 1 fully saturated rings. The summed E-state index contributed by atoms with van der Waals surface area (Å²) >= 11 is 0. The predicted molar refractivity (Wildman–Crippen MR) is 90.8 cm³/mol. The second-order valence-electron chi connectivity index (χ2n) is 5.97. The highest BCUT2D eigenvalue weighted by Crippen LogP contribution is 2.31. The molecule has 0 aliphatic carbocycles. The minimum atomic E-state index is -0.541. The molecule has 1 aliphatic rings. The van der Waals surface area contributed by atoms with Crippen molar-refractivity contribution in [3.05, 3.63) is 0 Å². The van der Waals surface area contributed by atoms with E-state index in [1.54, 1.807) is 33.2 Å². The number of halogens is 1. The fourth-order valence-electron chi connectivity index (χ4n) is 2.70. The molecule has 1 rings (SSSR count). The molecular weight excluding hydrogens is 322 g/mol. The maximum absolute atomic E-state index is 13.1. The van der Waals surface area contributed by atoms with Gasteiger partial charge in [-0.2, -0.15) is 0 Å². The Kier molecular flexibility index (Phi) is 10.4. The van der Waals surface area contributed by atoms with Crippen LogP contribution < -0.4 is 5.32 Å². The number of carbonyl (C=O) groups is 2. The molecule has 0 aromatic carbocycles. The van der Waals surface area contributed by atoms with E-state index in [2.05, 4.69) is 5.32 Å². The Bertz CT molecular complexity index is 368. The quantitative estimate of drug-likeness (QED) is 0.666. The highest BCUT2D eigenvalue weighted by molar-refractivity contribution is 5.88. The summed E-state index contributed by atoms with van der Waals surface area (Å²) in [5, 5.41) is 3.27. The molecule has 0 saturated carbocycles. The van der Waals surface area contributed by atoms with Crippen LogP contribution in [0.3, 0.4) is 0 Å². The van der Waals surface area contributed by atoms with Crippen LogP contribution in [-0.2, 0) is 19.1 Å². The summed E-state index contributed by atoms with van der Waals surface area (Å²) in [5.41, 5.74) is -0.541. The van der Waals surface area contributed by atoms with E-state index in [0.717, 1.165) is 25.9 Å². The molecular formula is C15H30ClN3O4. The Morgan fingerprint density at radius 2 is 1.74 bits per heavy atom. The standard InChI is InChI=1S/C15H29N3O4.ClH/c1-17(2)13(19)11-18(9-10-21-3)14(20)15(12-22-4)5-7-16-8-6-15;/h16H,5-12H2,1-4H3;1H. The van der Waals surface area contributed by atoms with E-state index in [1.165, 1.54) is 4.90 Å². The number of methoxy groups -OCH3 is 2. The number of piperidine rings is 1. The fourth-order valence-corrected chi connectivity index (χ4v) is 2.70. The lowest BCUT2D eigenvalue weighted by Crippen LogP contribution is -2.54. The van der Waals surface area contributed by atoms with E-state index in [1.807, 2.05) is 0 Å². The molecule has 1 saturated heterocycles. The third kappa shape index (κ3) is 6.25. The van der Waals surface area contributed by atoms with Crippen molar-refractivity contribution in [3.8, 4) is 0 Å². The third-order valence-electron chi connectivity index (χ3n) is 4.11. The van der Waals surface area contributed by atoms with Crippen molar-refractivity contribution in [1.82, 2.24) is 15.1 Å². The number of nitrogens with one attached hydrogen (secondary N) is 1. The van der Waals surface area contributed by atoms with E-state index >= 15 is 0 Å². The fraction of sp³-hybridized carbons (Fsp3) is 0.867. The van der Waals surface area contributed by atoms with Gasteiger partial charge in [0.1, 0.15) is 0 Å². The predicted octanol–water partition coefficient (Wildman–Crippen LogP) is -0.0124. The molecule has 23 heavy (non-hydrogen) atoms. The minimum Gasteiger partial charge on any atom is -0.384 e. The average Bonchev–Trinajstić information content (AvgIpc) is 2.51. The summed E-state index contributed by atoms with van der Waals surface area (Å²) < 4.78 is 10.4. The van der Waals surface area contributed by atoms with E-state index in [0.29, 0.717) is 19.8 Å². The second-order valence-corrected chi connectivity index (χ2v) is 5.97. The number of hydrogen-bond donors (Lipinski definition) is 1. The second kappa shape index (κ2) is 10.8. The van der Waals surface area contributed by atoms with E-state index in [9.17, 15) is 9.59 Å². The van der Waals surface area contributed by atoms with Crippen LogP contribution in [0.15, 0.2) is 0 Å². The molecule has 0 aromatic heterocycles. The van der Waals surface area contributed by atoms with Gasteiger partial charge in [-0.3, -0.25) is 9.59 Å². The molecule has 0 atom stereocenters. The molecule has 0 spiro atoms. The van der Waals surface area contributed by atoms with Gasteiger partial charge >= 0.3 is 0 Å². The van der Waals surface area contributed by atoms with Gasteiger partial charge < -0.3 is 24.6 Å². The summed E-state index contributed by atoms with van der Waals surface area (Å²) in [7, 11) is 6.58. The number of amides is 2. The maximum Gasteiger partial charge on any atom is 0.241 e. The largest absolute Gasteiger partial charge is 0.384 e. The first kappa shape index (κ1) is 22.1. The van der Waals surface area contributed by atoms with Crippen molar-refractivity contribution >= 4 is 24.2 Å². The molecule has 8 heteroatoms. The van der Waals surface area contributed by atoms with E-state index in [-0.39, 0.29) is 30.8 Å². The first-order valence-electron chi connectivity index (χ1n) is 7.65. The summed E-state index contributed by atoms with van der Waals surface area (Å²) in [6.45, 7) is 2.85. The first-order chi connectivity index (χ1) is 10.5. The van der Waals surface area contributed by atoms with Gasteiger partial charge in [0.15, 0.2) is 0 Å². The molecule has 1 aliphatic heterocycles. The number of rotatable bonds is 8. The lowest BCUT2D eigenvalue weighted by molar-refractivity contribution is -0.151. The Balaban J connectivity index is 0.00000484. The lowest BCUT2D eigenvalue weighted by atomic mass is 9.78. The van der Waals surface area contributed by atoms with Crippen LogP contribution in [0, 0.1) is 5.41 Å². The van der Waals surface area contributed by atoms with Gasteiger partial charge in [-0.15, -0.1) is 12.4 Å². The lowest BCUT2D eigenvalue weighted by Gasteiger charge is -2.39. The van der Waals surface area contributed by atoms with Crippen molar-refractivity contribution in [2.75, 3.05) is 67.7 Å². The molecule has 2 amide bonds. The smallest absolute Gasteiger partial charge is 0.241 e. The van der Waals surface area contributed by atoms with Crippen LogP contribution in [0.5, 0.6) is 0 Å². The zero-order valence-electron chi connectivity index (χ0n) is 14.6. The average molecular weight is 352 g/mol. The molecule has 0 bridgehead atoms. The van der Waals surface area contributed by atoms with Gasteiger partial charge in [0.05, 0.1) is 25.2 Å². The maximum atomic E-state index is 13.1. The summed E-state index contributed by atoms with van der Waals surface area (Å²) in [6, 6.07) is 0. The molecule has 0 radical (unpaired) electrons. The topological polar surface area (TPSA) is 71.1 Å². The first-order valence-corrected chi connectivity index (χ1v) is 7.65. The van der Waals surface area contributed by atoms with Gasteiger partial charge in [0.25, 0.3) is 0 Å². The number of hydrogen-bond acceptors (Lipinski definition) is 5.